The van der Waals surface area contributed by atoms with Crippen LogP contribution < -0.4 is 21.3 Å². The second-order valence-electron chi connectivity index (χ2n) is 7.96. The number of nitrogens with zero attached hydrogens (tertiary/aromatic N) is 1. The van der Waals surface area contributed by atoms with Crippen molar-refractivity contribution in [3.05, 3.63) is 52.7 Å². The van der Waals surface area contributed by atoms with Crippen molar-refractivity contribution >= 4 is 34.9 Å². The first-order valence-electron chi connectivity index (χ1n) is 10.5. The van der Waals surface area contributed by atoms with Gasteiger partial charge in [0.2, 0.25) is 11.8 Å². The first kappa shape index (κ1) is 21.3. The van der Waals surface area contributed by atoms with Crippen LogP contribution in [-0.4, -0.2) is 54.0 Å². The molecule has 2 aromatic rings. The van der Waals surface area contributed by atoms with Crippen LogP contribution in [-0.2, 0) is 16.1 Å². The standard InChI is InChI=1S/C22H27N5O3S/c28-20(23-11-15-4-2-1-3-5-15)7-6-18-12-24-21(29)19-10-17(13-27(18)19)26-22(30)25-16-8-9-31-14-16/h1-5,8-9,14,17-19H,6-7,10-13H2,(H,23,28)(H,24,29)(H2,25,26,30). The number of anilines is 1. The second kappa shape index (κ2) is 9.93. The fraction of sp³-hybridized carbons (Fsp3) is 0.409. The maximum atomic E-state index is 12.3. The Hall–Kier alpha value is -2.91. The van der Waals surface area contributed by atoms with E-state index in [0.29, 0.717) is 38.9 Å². The summed E-state index contributed by atoms with van der Waals surface area (Å²) in [6, 6.07) is 11.1. The molecule has 3 heterocycles. The number of thiophene rings is 1. The summed E-state index contributed by atoms with van der Waals surface area (Å²) in [4.78, 5) is 39.0. The molecule has 8 nitrogen and oxygen atoms in total. The molecule has 9 heteroatoms. The van der Waals surface area contributed by atoms with Crippen molar-refractivity contribution in [3.8, 4) is 0 Å². The van der Waals surface area contributed by atoms with Crippen molar-refractivity contribution < 1.29 is 14.4 Å². The lowest BCUT2D eigenvalue weighted by Crippen LogP contribution is -2.58. The van der Waals surface area contributed by atoms with Crippen LogP contribution in [0.4, 0.5) is 10.5 Å². The van der Waals surface area contributed by atoms with Gasteiger partial charge in [0.05, 0.1) is 11.7 Å². The number of carbonyl (C=O) groups is 3. The zero-order valence-electron chi connectivity index (χ0n) is 17.2. The molecule has 2 fully saturated rings. The van der Waals surface area contributed by atoms with Crippen LogP contribution in [0.2, 0.25) is 0 Å². The Labute approximate surface area is 185 Å². The van der Waals surface area contributed by atoms with E-state index in [1.165, 1.54) is 11.3 Å². The van der Waals surface area contributed by atoms with Crippen molar-refractivity contribution in [2.45, 2.75) is 43.9 Å². The van der Waals surface area contributed by atoms with Crippen molar-refractivity contribution in [3.63, 3.8) is 0 Å². The van der Waals surface area contributed by atoms with Gasteiger partial charge in [-0.05, 0) is 29.9 Å². The predicted molar refractivity (Wildman–Crippen MR) is 120 cm³/mol. The normalized spacial score (nSPS) is 23.0. The molecular formula is C22H27N5O3S. The highest BCUT2D eigenvalue weighted by molar-refractivity contribution is 7.08. The lowest BCUT2D eigenvalue weighted by Gasteiger charge is -2.37. The number of fused-ring (bicyclic) bond motifs is 1. The molecule has 2 saturated heterocycles. The zero-order valence-corrected chi connectivity index (χ0v) is 18.0. The van der Waals surface area contributed by atoms with Crippen molar-refractivity contribution in [2.24, 2.45) is 0 Å². The third kappa shape index (κ3) is 5.62. The molecule has 4 amide bonds. The molecular weight excluding hydrogens is 414 g/mol. The minimum atomic E-state index is -0.266. The van der Waals surface area contributed by atoms with Gasteiger partial charge in [-0.3, -0.25) is 14.5 Å². The van der Waals surface area contributed by atoms with Crippen LogP contribution in [0.3, 0.4) is 0 Å². The Morgan fingerprint density at radius 1 is 1.19 bits per heavy atom. The molecule has 0 spiro atoms. The fourth-order valence-electron chi connectivity index (χ4n) is 4.22. The average Bonchev–Trinajstić information content (AvgIpc) is 3.43. The average molecular weight is 442 g/mol. The predicted octanol–water partition coefficient (Wildman–Crippen LogP) is 1.91. The van der Waals surface area contributed by atoms with Gasteiger partial charge in [-0.2, -0.15) is 11.3 Å². The van der Waals surface area contributed by atoms with Gasteiger partial charge in [0, 0.05) is 43.5 Å². The van der Waals surface area contributed by atoms with Crippen molar-refractivity contribution in [1.29, 1.82) is 0 Å². The van der Waals surface area contributed by atoms with E-state index in [9.17, 15) is 14.4 Å². The summed E-state index contributed by atoms with van der Waals surface area (Å²) in [6.07, 6.45) is 1.62. The van der Waals surface area contributed by atoms with Crippen LogP contribution in [0.25, 0.3) is 0 Å². The quantitative estimate of drug-likeness (QED) is 0.527. The first-order chi connectivity index (χ1) is 15.1. The number of carbonyl (C=O) groups excluding carboxylic acids is 3. The topological polar surface area (TPSA) is 103 Å². The van der Waals surface area contributed by atoms with E-state index >= 15 is 0 Å². The molecule has 1 aromatic carbocycles. The molecule has 2 aliphatic rings. The number of rotatable bonds is 7. The van der Waals surface area contributed by atoms with E-state index in [1.807, 2.05) is 47.2 Å². The Balaban J connectivity index is 1.26. The lowest BCUT2D eigenvalue weighted by atomic mass is 10.0. The molecule has 164 valence electrons. The maximum absolute atomic E-state index is 12.3. The van der Waals surface area contributed by atoms with Gasteiger partial charge in [-0.15, -0.1) is 0 Å². The third-order valence-corrected chi connectivity index (χ3v) is 6.46. The zero-order chi connectivity index (χ0) is 21.6. The number of piperazine rings is 1. The molecule has 0 bridgehead atoms. The minimum absolute atomic E-state index is 0.00122. The summed E-state index contributed by atoms with van der Waals surface area (Å²) in [5.41, 5.74) is 1.82. The number of nitrogens with one attached hydrogen (secondary N) is 4. The van der Waals surface area contributed by atoms with Crippen molar-refractivity contribution in [1.82, 2.24) is 20.9 Å². The summed E-state index contributed by atoms with van der Waals surface area (Å²) in [5, 5.41) is 15.5. The van der Waals surface area contributed by atoms with Gasteiger partial charge in [-0.25, -0.2) is 4.79 Å². The molecule has 3 unspecified atom stereocenters. The summed E-state index contributed by atoms with van der Waals surface area (Å²) < 4.78 is 0. The second-order valence-corrected chi connectivity index (χ2v) is 8.74. The van der Waals surface area contributed by atoms with Gasteiger partial charge < -0.3 is 21.3 Å². The maximum Gasteiger partial charge on any atom is 0.319 e. The van der Waals surface area contributed by atoms with Crippen LogP contribution in [0, 0.1) is 0 Å². The molecule has 2 aliphatic heterocycles. The lowest BCUT2D eigenvalue weighted by molar-refractivity contribution is -0.129. The first-order valence-corrected chi connectivity index (χ1v) is 11.5. The highest BCUT2D eigenvalue weighted by Crippen LogP contribution is 2.26. The summed E-state index contributed by atoms with van der Waals surface area (Å²) in [5.74, 6) is -0.00589. The van der Waals surface area contributed by atoms with E-state index in [1.54, 1.807) is 0 Å². The summed E-state index contributed by atoms with van der Waals surface area (Å²) in [6.45, 7) is 1.64. The molecule has 0 saturated carbocycles. The van der Waals surface area contributed by atoms with E-state index in [2.05, 4.69) is 26.2 Å². The smallest absolute Gasteiger partial charge is 0.319 e. The SMILES string of the molecule is O=C(CCC1CNC(=O)C2CC(NC(=O)Nc3ccsc3)CN12)NCc1ccccc1. The Bertz CT molecular complexity index is 905. The number of benzene rings is 1. The molecule has 3 atom stereocenters. The fourth-order valence-corrected chi connectivity index (χ4v) is 4.81. The number of hydrogen-bond acceptors (Lipinski definition) is 5. The minimum Gasteiger partial charge on any atom is -0.353 e. The van der Waals surface area contributed by atoms with Crippen LogP contribution in [0.1, 0.15) is 24.8 Å². The van der Waals surface area contributed by atoms with E-state index in [-0.39, 0.29) is 36.0 Å². The molecule has 4 rings (SSSR count). The number of urea groups is 1. The highest BCUT2D eigenvalue weighted by Gasteiger charge is 2.43. The van der Waals surface area contributed by atoms with E-state index in [4.69, 9.17) is 0 Å². The number of hydrogen-bond donors (Lipinski definition) is 4. The molecule has 4 N–H and O–H groups in total. The van der Waals surface area contributed by atoms with Gasteiger partial charge in [-0.1, -0.05) is 30.3 Å². The van der Waals surface area contributed by atoms with Crippen LogP contribution in [0.5, 0.6) is 0 Å². The Morgan fingerprint density at radius 2 is 2.03 bits per heavy atom. The molecule has 31 heavy (non-hydrogen) atoms. The number of amides is 4. The Kier molecular flexibility index (Phi) is 6.83. The third-order valence-electron chi connectivity index (χ3n) is 5.77. The molecule has 1 aromatic heterocycles. The van der Waals surface area contributed by atoms with Crippen LogP contribution in [0.15, 0.2) is 47.2 Å². The van der Waals surface area contributed by atoms with Gasteiger partial charge >= 0.3 is 6.03 Å². The molecule has 0 aliphatic carbocycles. The highest BCUT2D eigenvalue weighted by atomic mass is 32.1. The summed E-state index contributed by atoms with van der Waals surface area (Å²) >= 11 is 1.51. The van der Waals surface area contributed by atoms with Gasteiger partial charge in [0.25, 0.3) is 0 Å². The van der Waals surface area contributed by atoms with Gasteiger partial charge in [0.15, 0.2) is 0 Å². The monoisotopic (exact) mass is 441 g/mol. The largest absolute Gasteiger partial charge is 0.353 e. The molecule has 0 radical (unpaired) electrons. The van der Waals surface area contributed by atoms with Crippen LogP contribution >= 0.6 is 11.3 Å². The summed E-state index contributed by atoms with van der Waals surface area (Å²) in [7, 11) is 0. The van der Waals surface area contributed by atoms with Crippen molar-refractivity contribution in [2.75, 3.05) is 18.4 Å². The van der Waals surface area contributed by atoms with E-state index in [0.717, 1.165) is 11.3 Å². The van der Waals surface area contributed by atoms with Gasteiger partial charge in [0.1, 0.15) is 0 Å². The Morgan fingerprint density at radius 3 is 2.81 bits per heavy atom. The van der Waals surface area contributed by atoms with E-state index < -0.39 is 0 Å².